The third-order valence-corrected chi connectivity index (χ3v) is 8.91. The second-order valence-electron chi connectivity index (χ2n) is 9.64. The Kier molecular flexibility index (Phi) is 4.33. The number of nitrogens with zero attached hydrogens (tertiary/aromatic N) is 1. The van der Waals surface area contributed by atoms with Crippen molar-refractivity contribution in [2.75, 3.05) is 16.7 Å². The fourth-order valence-electron chi connectivity index (χ4n) is 5.66. The molecule has 0 aromatic heterocycles. The Morgan fingerprint density at radius 2 is 1.53 bits per heavy atom. The van der Waals surface area contributed by atoms with Gasteiger partial charge in [-0.3, -0.25) is 4.72 Å². The number of rotatable bonds is 3. The Hall–Kier alpha value is -3.51. The van der Waals surface area contributed by atoms with E-state index in [1.165, 1.54) is 5.56 Å². The number of hydrogen-bond donors (Lipinski definition) is 1. The lowest BCUT2D eigenvalue weighted by atomic mass is 9.76. The van der Waals surface area contributed by atoms with E-state index in [-0.39, 0.29) is 10.3 Å². The first-order valence-corrected chi connectivity index (χ1v) is 12.9. The molecule has 2 aliphatic heterocycles. The smallest absolute Gasteiger partial charge is 0.261 e. The highest BCUT2D eigenvalue weighted by Gasteiger charge is 2.60. The number of sulfonamides is 1. The predicted octanol–water partition coefficient (Wildman–Crippen LogP) is 5.70. The number of nitrogens with one attached hydrogen (secondary N) is 1. The van der Waals surface area contributed by atoms with Gasteiger partial charge in [-0.15, -0.1) is 0 Å². The van der Waals surface area contributed by atoms with Gasteiger partial charge < -0.3 is 9.64 Å². The van der Waals surface area contributed by atoms with Crippen molar-refractivity contribution < 1.29 is 13.2 Å². The van der Waals surface area contributed by atoms with Crippen molar-refractivity contribution in [1.82, 2.24) is 0 Å². The highest BCUT2D eigenvalue weighted by molar-refractivity contribution is 7.92. The molecule has 172 valence electrons. The van der Waals surface area contributed by atoms with Crippen LogP contribution in [0.3, 0.4) is 0 Å². The van der Waals surface area contributed by atoms with Gasteiger partial charge in [0, 0.05) is 35.5 Å². The van der Waals surface area contributed by atoms with E-state index in [0.717, 1.165) is 27.8 Å². The minimum absolute atomic E-state index is 0.236. The maximum Gasteiger partial charge on any atom is 0.261 e. The number of benzene rings is 4. The molecular formula is C28H26N2O3S. The molecule has 4 aromatic carbocycles. The lowest BCUT2D eigenvalue weighted by molar-refractivity contribution is 0.0362. The second kappa shape index (κ2) is 7.00. The van der Waals surface area contributed by atoms with Crippen LogP contribution in [-0.4, -0.2) is 21.2 Å². The molecule has 0 saturated heterocycles. The Bertz CT molecular complexity index is 1550. The normalized spacial score (nSPS) is 20.3. The summed E-state index contributed by atoms with van der Waals surface area (Å²) in [4.78, 5) is 2.48. The van der Waals surface area contributed by atoms with Crippen LogP contribution in [0.25, 0.3) is 10.8 Å². The van der Waals surface area contributed by atoms with E-state index in [2.05, 4.69) is 54.8 Å². The Morgan fingerprint density at radius 3 is 2.26 bits per heavy atom. The molecule has 2 heterocycles. The van der Waals surface area contributed by atoms with Crippen molar-refractivity contribution in [3.8, 4) is 5.75 Å². The standard InChI is InChI=1S/C28H26N2O3S/c1-27(2)23-15-9-10-16-25(23)30(3)28(27)18-19-17-24(21-13-7-8-14-22(21)26(19)33-28)29-34(31,32)20-11-5-4-6-12-20/h4-17,29H,18H2,1-3H3. The number of ether oxygens (including phenoxy) is 1. The molecule has 0 fully saturated rings. The van der Waals surface area contributed by atoms with Gasteiger partial charge in [-0.2, -0.15) is 0 Å². The summed E-state index contributed by atoms with van der Waals surface area (Å²) in [6, 6.07) is 26.6. The van der Waals surface area contributed by atoms with Gasteiger partial charge in [0.1, 0.15) is 5.75 Å². The van der Waals surface area contributed by atoms with Gasteiger partial charge in [-0.05, 0) is 43.7 Å². The summed E-state index contributed by atoms with van der Waals surface area (Å²) in [7, 11) is -1.64. The predicted molar refractivity (Wildman–Crippen MR) is 136 cm³/mol. The van der Waals surface area contributed by atoms with Crippen molar-refractivity contribution >= 4 is 32.2 Å². The van der Waals surface area contributed by atoms with E-state index >= 15 is 0 Å². The molecule has 0 bridgehead atoms. The van der Waals surface area contributed by atoms with Gasteiger partial charge in [0.25, 0.3) is 10.0 Å². The largest absolute Gasteiger partial charge is 0.466 e. The van der Waals surface area contributed by atoms with Crippen LogP contribution in [0.1, 0.15) is 25.0 Å². The number of likely N-dealkylation sites (N-methyl/N-ethyl adjacent to an activating group) is 1. The molecule has 1 spiro atoms. The molecule has 4 aromatic rings. The van der Waals surface area contributed by atoms with Gasteiger partial charge in [0.05, 0.1) is 16.0 Å². The molecule has 5 nitrogen and oxygen atoms in total. The summed E-state index contributed by atoms with van der Waals surface area (Å²) in [6.07, 6.45) is 0.644. The fourth-order valence-corrected chi connectivity index (χ4v) is 6.76. The monoisotopic (exact) mass is 470 g/mol. The van der Waals surface area contributed by atoms with Crippen molar-refractivity contribution in [3.05, 3.63) is 96.1 Å². The summed E-state index contributed by atoms with van der Waals surface area (Å²) in [5.74, 6) is 0.825. The Balaban J connectivity index is 1.49. The minimum Gasteiger partial charge on any atom is -0.466 e. The van der Waals surface area contributed by atoms with E-state index in [1.54, 1.807) is 30.3 Å². The van der Waals surface area contributed by atoms with Crippen LogP contribution in [0.5, 0.6) is 5.75 Å². The van der Waals surface area contributed by atoms with Crippen molar-refractivity contribution in [1.29, 1.82) is 0 Å². The zero-order chi connectivity index (χ0) is 23.7. The van der Waals surface area contributed by atoms with Gasteiger partial charge in [-0.25, -0.2) is 8.42 Å². The molecule has 0 amide bonds. The van der Waals surface area contributed by atoms with Crippen LogP contribution in [0.15, 0.2) is 89.8 Å². The quantitative estimate of drug-likeness (QED) is 0.417. The molecule has 1 atom stereocenters. The molecular weight excluding hydrogens is 444 g/mol. The molecule has 6 heteroatoms. The van der Waals surface area contributed by atoms with Gasteiger partial charge in [0.15, 0.2) is 5.72 Å². The third-order valence-electron chi connectivity index (χ3n) is 7.53. The van der Waals surface area contributed by atoms with Gasteiger partial charge in [0.2, 0.25) is 0 Å². The van der Waals surface area contributed by atoms with Gasteiger partial charge >= 0.3 is 0 Å². The summed E-state index contributed by atoms with van der Waals surface area (Å²) in [6.45, 7) is 4.45. The highest BCUT2D eigenvalue weighted by Crippen LogP contribution is 2.57. The number of para-hydroxylation sites is 1. The van der Waals surface area contributed by atoms with Crippen LogP contribution < -0.4 is 14.4 Å². The molecule has 6 rings (SSSR count). The molecule has 0 aliphatic carbocycles. The van der Waals surface area contributed by atoms with Crippen LogP contribution >= 0.6 is 0 Å². The van der Waals surface area contributed by atoms with Crippen LogP contribution in [0, 0.1) is 0 Å². The summed E-state index contributed by atoms with van der Waals surface area (Å²) < 4.78 is 36.0. The average molecular weight is 471 g/mol. The molecule has 1 N–H and O–H groups in total. The summed E-state index contributed by atoms with van der Waals surface area (Å²) in [5.41, 5.74) is 3.10. The van der Waals surface area contributed by atoms with E-state index in [0.29, 0.717) is 12.1 Å². The molecule has 2 aliphatic rings. The number of hydrogen-bond acceptors (Lipinski definition) is 4. The number of fused-ring (bicyclic) bond motifs is 4. The van der Waals surface area contributed by atoms with E-state index in [1.807, 2.05) is 30.3 Å². The fraction of sp³-hybridized carbons (Fsp3) is 0.214. The average Bonchev–Trinajstić information content (AvgIpc) is 3.31. The lowest BCUT2D eigenvalue weighted by Crippen LogP contribution is -2.58. The third kappa shape index (κ3) is 2.75. The molecule has 0 radical (unpaired) electrons. The summed E-state index contributed by atoms with van der Waals surface area (Å²) in [5, 5.41) is 1.72. The Labute approximate surface area is 200 Å². The maximum absolute atomic E-state index is 13.1. The van der Waals surface area contributed by atoms with E-state index in [9.17, 15) is 8.42 Å². The minimum atomic E-state index is -3.73. The first-order valence-electron chi connectivity index (χ1n) is 11.4. The van der Waals surface area contributed by atoms with Crippen LogP contribution in [0.4, 0.5) is 11.4 Å². The second-order valence-corrected chi connectivity index (χ2v) is 11.3. The number of anilines is 2. The Morgan fingerprint density at radius 1 is 0.882 bits per heavy atom. The molecule has 1 unspecified atom stereocenters. The van der Waals surface area contributed by atoms with E-state index < -0.39 is 15.7 Å². The zero-order valence-electron chi connectivity index (χ0n) is 19.4. The van der Waals surface area contributed by atoms with Crippen LogP contribution in [-0.2, 0) is 21.9 Å². The van der Waals surface area contributed by atoms with Crippen molar-refractivity contribution in [3.63, 3.8) is 0 Å². The zero-order valence-corrected chi connectivity index (χ0v) is 20.2. The SMILES string of the molecule is CN1c2ccccc2C(C)(C)C12Cc1cc(NS(=O)(=O)c3ccccc3)c3ccccc3c1O2. The first-order chi connectivity index (χ1) is 16.2. The highest BCUT2D eigenvalue weighted by atomic mass is 32.2. The van der Waals surface area contributed by atoms with Crippen molar-refractivity contribution in [2.24, 2.45) is 0 Å². The lowest BCUT2D eigenvalue weighted by Gasteiger charge is -2.42. The molecule has 0 saturated carbocycles. The van der Waals surface area contributed by atoms with E-state index in [4.69, 9.17) is 4.74 Å². The topological polar surface area (TPSA) is 58.6 Å². The van der Waals surface area contributed by atoms with Crippen molar-refractivity contribution in [2.45, 2.75) is 36.3 Å². The first kappa shape index (κ1) is 21.1. The van der Waals surface area contributed by atoms with Crippen LogP contribution in [0.2, 0.25) is 0 Å². The molecule has 34 heavy (non-hydrogen) atoms. The summed E-state index contributed by atoms with van der Waals surface area (Å²) >= 11 is 0. The maximum atomic E-state index is 13.1. The van der Waals surface area contributed by atoms with Gasteiger partial charge in [-0.1, -0.05) is 60.7 Å².